The first-order valence-corrected chi connectivity index (χ1v) is 13.4. The fraction of sp³-hybridized carbons (Fsp3) is 0.250. The van der Waals surface area contributed by atoms with E-state index in [0.29, 0.717) is 5.02 Å². The molecule has 0 N–H and O–H groups in total. The molecular weight excluding hydrogens is 496 g/mol. The molecule has 3 aromatic carbocycles. The van der Waals surface area contributed by atoms with Gasteiger partial charge in [-0.15, -0.1) is 22.7 Å². The number of benzene rings is 3. The maximum Gasteiger partial charge on any atom is 0.163 e. The lowest BCUT2D eigenvalue weighted by Gasteiger charge is -2.29. The van der Waals surface area contributed by atoms with Gasteiger partial charge in [-0.1, -0.05) is 29.8 Å². The standard InChI is InChI=1S/C28H25ClN2O2S2/c1-15-12-21-26(35-27(31-21)18-8-11-22-20(13-18)30-14-34-22)24(17-6-9-19(29)10-7-17)23(15)25(16(2)32)33-28(3,4)5/h6-14,25H,1-5H3/t25-/m1/s1. The summed E-state index contributed by atoms with van der Waals surface area (Å²) < 4.78 is 8.50. The number of halogens is 1. The van der Waals surface area contributed by atoms with Crippen LogP contribution in [0, 0.1) is 6.92 Å². The first-order chi connectivity index (χ1) is 16.6. The van der Waals surface area contributed by atoms with E-state index in [9.17, 15) is 4.79 Å². The quantitative estimate of drug-likeness (QED) is 0.232. The summed E-state index contributed by atoms with van der Waals surface area (Å²) in [5.74, 6) is -0.0312. The molecule has 35 heavy (non-hydrogen) atoms. The third-order valence-corrected chi connectivity index (χ3v) is 7.94. The molecule has 7 heteroatoms. The molecule has 0 aliphatic carbocycles. The van der Waals surface area contributed by atoms with Gasteiger partial charge in [0.2, 0.25) is 0 Å². The van der Waals surface area contributed by atoms with E-state index in [1.807, 2.05) is 57.5 Å². The second-order valence-electron chi connectivity index (χ2n) is 9.61. The van der Waals surface area contributed by atoms with Crippen LogP contribution in [0.25, 0.3) is 42.1 Å². The molecule has 5 rings (SSSR count). The molecule has 0 unspecified atom stereocenters. The summed E-state index contributed by atoms with van der Waals surface area (Å²) in [4.78, 5) is 22.4. The minimum Gasteiger partial charge on any atom is -0.360 e. The molecule has 0 amide bonds. The summed E-state index contributed by atoms with van der Waals surface area (Å²) in [5, 5.41) is 1.58. The minimum absolute atomic E-state index is 0.0312. The van der Waals surface area contributed by atoms with Gasteiger partial charge in [-0.25, -0.2) is 9.97 Å². The Labute approximate surface area is 217 Å². The van der Waals surface area contributed by atoms with Gasteiger partial charge >= 0.3 is 0 Å². The highest BCUT2D eigenvalue weighted by Gasteiger charge is 2.30. The van der Waals surface area contributed by atoms with E-state index in [1.54, 1.807) is 29.6 Å². The Kier molecular flexibility index (Phi) is 6.26. The predicted octanol–water partition coefficient (Wildman–Crippen LogP) is 8.65. The minimum atomic E-state index is -0.693. The van der Waals surface area contributed by atoms with Crippen molar-refractivity contribution in [1.29, 1.82) is 0 Å². The van der Waals surface area contributed by atoms with Gasteiger partial charge in [0.15, 0.2) is 5.78 Å². The number of Topliss-reactive ketones (excluding diaryl/α,β-unsaturated/α-hetero) is 1. The van der Waals surface area contributed by atoms with Crippen LogP contribution < -0.4 is 0 Å². The second kappa shape index (κ2) is 9.10. The Bertz CT molecular complexity index is 1560. The highest BCUT2D eigenvalue weighted by atomic mass is 35.5. The number of nitrogens with zero attached hydrogens (tertiary/aromatic N) is 2. The lowest BCUT2D eigenvalue weighted by molar-refractivity contribution is -0.138. The number of carbonyl (C=O) groups is 1. The Hall–Kier alpha value is -2.64. The number of fused-ring (bicyclic) bond motifs is 2. The number of hydrogen-bond donors (Lipinski definition) is 0. The highest BCUT2D eigenvalue weighted by molar-refractivity contribution is 7.22. The van der Waals surface area contributed by atoms with Crippen molar-refractivity contribution in [3.05, 3.63) is 70.2 Å². The van der Waals surface area contributed by atoms with Crippen molar-refractivity contribution in [3.63, 3.8) is 0 Å². The van der Waals surface area contributed by atoms with Gasteiger partial charge in [0, 0.05) is 21.7 Å². The maximum atomic E-state index is 12.9. The molecule has 0 fully saturated rings. The molecule has 0 bridgehead atoms. The van der Waals surface area contributed by atoms with Crippen molar-refractivity contribution in [3.8, 4) is 21.7 Å². The normalized spacial score (nSPS) is 13.0. The zero-order valence-corrected chi connectivity index (χ0v) is 22.6. The van der Waals surface area contributed by atoms with E-state index in [-0.39, 0.29) is 5.78 Å². The SMILES string of the molecule is CC(=O)[C@@H](OC(C)(C)C)c1c(C)cc2nc(-c3ccc4scnc4c3)sc2c1-c1ccc(Cl)cc1. The van der Waals surface area contributed by atoms with Crippen molar-refractivity contribution in [2.75, 3.05) is 0 Å². The Balaban J connectivity index is 1.78. The van der Waals surface area contributed by atoms with Crippen LogP contribution in [0.4, 0.5) is 0 Å². The van der Waals surface area contributed by atoms with Crippen LogP contribution in [0.1, 0.15) is 44.9 Å². The van der Waals surface area contributed by atoms with Gasteiger partial charge < -0.3 is 4.74 Å². The van der Waals surface area contributed by atoms with E-state index < -0.39 is 11.7 Å². The van der Waals surface area contributed by atoms with E-state index in [1.165, 1.54) is 0 Å². The van der Waals surface area contributed by atoms with Crippen LogP contribution in [0.15, 0.2) is 54.0 Å². The molecule has 2 aromatic heterocycles. The molecule has 5 aromatic rings. The van der Waals surface area contributed by atoms with E-state index in [4.69, 9.17) is 21.3 Å². The summed E-state index contributed by atoms with van der Waals surface area (Å²) in [5.41, 5.74) is 8.07. The van der Waals surface area contributed by atoms with Crippen LogP contribution in [0.2, 0.25) is 5.02 Å². The largest absolute Gasteiger partial charge is 0.360 e. The Morgan fingerprint density at radius 1 is 1.03 bits per heavy atom. The van der Waals surface area contributed by atoms with Gasteiger partial charge in [-0.3, -0.25) is 4.79 Å². The first-order valence-electron chi connectivity index (χ1n) is 11.3. The molecule has 178 valence electrons. The molecule has 4 nitrogen and oxygen atoms in total. The number of aromatic nitrogens is 2. The van der Waals surface area contributed by atoms with Crippen molar-refractivity contribution in [1.82, 2.24) is 9.97 Å². The lowest BCUT2D eigenvalue weighted by Crippen LogP contribution is -2.27. The smallest absolute Gasteiger partial charge is 0.163 e. The van der Waals surface area contributed by atoms with Crippen LogP contribution in [0.3, 0.4) is 0 Å². The number of carbonyl (C=O) groups excluding carboxylic acids is 1. The number of thiazole rings is 2. The van der Waals surface area contributed by atoms with Crippen LogP contribution in [-0.2, 0) is 9.53 Å². The summed E-state index contributed by atoms with van der Waals surface area (Å²) in [6, 6.07) is 16.1. The third kappa shape index (κ3) is 4.76. The summed E-state index contributed by atoms with van der Waals surface area (Å²) >= 11 is 9.47. The van der Waals surface area contributed by atoms with Crippen LogP contribution in [-0.4, -0.2) is 21.4 Å². The molecule has 2 heterocycles. The van der Waals surface area contributed by atoms with E-state index in [0.717, 1.165) is 53.3 Å². The molecule has 0 aliphatic rings. The van der Waals surface area contributed by atoms with Crippen molar-refractivity contribution in [2.45, 2.75) is 46.3 Å². The topological polar surface area (TPSA) is 52.1 Å². The van der Waals surface area contributed by atoms with E-state index >= 15 is 0 Å². The van der Waals surface area contributed by atoms with Crippen molar-refractivity contribution in [2.24, 2.45) is 0 Å². The number of hydrogen-bond acceptors (Lipinski definition) is 6. The Morgan fingerprint density at radius 2 is 1.74 bits per heavy atom. The van der Waals surface area contributed by atoms with Gasteiger partial charge in [-0.05, 0) is 76.1 Å². The summed E-state index contributed by atoms with van der Waals surface area (Å²) in [6.07, 6.45) is -0.693. The van der Waals surface area contributed by atoms with Gasteiger partial charge in [0.05, 0.1) is 31.5 Å². The molecule has 0 aliphatic heterocycles. The molecular formula is C28H25ClN2O2S2. The zero-order valence-electron chi connectivity index (χ0n) is 20.2. The van der Waals surface area contributed by atoms with Gasteiger partial charge in [0.1, 0.15) is 11.1 Å². The second-order valence-corrected chi connectivity index (χ2v) is 11.9. The molecule has 0 radical (unpaired) electrons. The fourth-order valence-electron chi connectivity index (χ4n) is 4.27. The van der Waals surface area contributed by atoms with Gasteiger partial charge in [0.25, 0.3) is 0 Å². The Morgan fingerprint density at radius 3 is 2.43 bits per heavy atom. The van der Waals surface area contributed by atoms with E-state index in [2.05, 4.69) is 29.2 Å². The predicted molar refractivity (Wildman–Crippen MR) is 148 cm³/mol. The number of ether oxygens (including phenoxy) is 1. The maximum absolute atomic E-state index is 12.9. The zero-order chi connectivity index (χ0) is 24.9. The average molecular weight is 521 g/mol. The fourth-order valence-corrected chi connectivity index (χ4v) is 6.17. The molecule has 0 saturated carbocycles. The third-order valence-electron chi connectivity index (χ3n) is 5.74. The number of rotatable bonds is 5. The van der Waals surface area contributed by atoms with Crippen LogP contribution in [0.5, 0.6) is 0 Å². The summed E-state index contributed by atoms with van der Waals surface area (Å²) in [6.45, 7) is 9.53. The number of ketones is 1. The highest BCUT2D eigenvalue weighted by Crippen LogP contribution is 2.44. The first kappa shape index (κ1) is 24.1. The summed E-state index contributed by atoms with van der Waals surface area (Å²) in [7, 11) is 0. The lowest BCUT2D eigenvalue weighted by atomic mass is 9.90. The average Bonchev–Trinajstić information content (AvgIpc) is 3.43. The molecule has 0 spiro atoms. The van der Waals surface area contributed by atoms with Gasteiger partial charge in [-0.2, -0.15) is 0 Å². The van der Waals surface area contributed by atoms with Crippen molar-refractivity contribution >= 4 is 60.5 Å². The van der Waals surface area contributed by atoms with Crippen molar-refractivity contribution < 1.29 is 9.53 Å². The van der Waals surface area contributed by atoms with Crippen LogP contribution >= 0.6 is 34.3 Å². The monoisotopic (exact) mass is 520 g/mol. The molecule has 0 saturated heterocycles. The number of aryl methyl sites for hydroxylation is 1. The molecule has 1 atom stereocenters.